The van der Waals surface area contributed by atoms with Crippen LogP contribution in [0.5, 0.6) is 5.75 Å². The van der Waals surface area contributed by atoms with Crippen molar-refractivity contribution in [3.8, 4) is 5.75 Å². The Kier molecular flexibility index (Phi) is 7.80. The first-order valence-corrected chi connectivity index (χ1v) is 7.15. The lowest BCUT2D eigenvalue weighted by Gasteiger charge is -2.08. The summed E-state index contributed by atoms with van der Waals surface area (Å²) < 4.78 is 18.7. The molecule has 0 bridgehead atoms. The zero-order chi connectivity index (χ0) is 13.2. The molecule has 1 aromatic rings. The molecule has 0 saturated carbocycles. The monoisotopic (exact) mass is 273 g/mol. The van der Waals surface area contributed by atoms with E-state index in [2.05, 4.69) is 5.32 Å². The number of halogens is 1. The summed E-state index contributed by atoms with van der Waals surface area (Å²) >= 11 is 1.78. The summed E-state index contributed by atoms with van der Waals surface area (Å²) in [5.41, 5.74) is 0.620. The number of ether oxygens (including phenoxy) is 1. The Labute approximate surface area is 112 Å². The van der Waals surface area contributed by atoms with Crippen LogP contribution in [0.3, 0.4) is 0 Å². The first kappa shape index (κ1) is 15.3. The molecule has 5 heteroatoms. The van der Waals surface area contributed by atoms with Gasteiger partial charge in [-0.1, -0.05) is 12.1 Å². The zero-order valence-corrected chi connectivity index (χ0v) is 11.4. The summed E-state index contributed by atoms with van der Waals surface area (Å²) in [5.74, 6) is 1.92. The van der Waals surface area contributed by atoms with Crippen molar-refractivity contribution in [1.82, 2.24) is 5.32 Å². The van der Waals surface area contributed by atoms with Gasteiger partial charge in [-0.3, -0.25) is 0 Å². The van der Waals surface area contributed by atoms with Crippen LogP contribution in [0.1, 0.15) is 12.0 Å². The highest BCUT2D eigenvalue weighted by Crippen LogP contribution is 2.19. The maximum absolute atomic E-state index is 13.8. The molecule has 0 aliphatic carbocycles. The summed E-state index contributed by atoms with van der Waals surface area (Å²) in [6, 6.07) is 5.16. The second kappa shape index (κ2) is 9.19. The second-order valence-corrected chi connectivity index (χ2v) is 5.02. The van der Waals surface area contributed by atoms with Crippen molar-refractivity contribution in [2.24, 2.45) is 0 Å². The highest BCUT2D eigenvalue weighted by molar-refractivity contribution is 7.99. The fourth-order valence-electron chi connectivity index (χ4n) is 1.49. The van der Waals surface area contributed by atoms with Crippen molar-refractivity contribution >= 4 is 11.8 Å². The van der Waals surface area contributed by atoms with Crippen molar-refractivity contribution < 1.29 is 14.2 Å². The summed E-state index contributed by atoms with van der Waals surface area (Å²) in [4.78, 5) is 0. The van der Waals surface area contributed by atoms with E-state index in [9.17, 15) is 4.39 Å². The van der Waals surface area contributed by atoms with Crippen molar-refractivity contribution in [2.75, 3.05) is 31.8 Å². The van der Waals surface area contributed by atoms with Gasteiger partial charge < -0.3 is 15.2 Å². The third-order valence-electron chi connectivity index (χ3n) is 2.45. The smallest absolute Gasteiger partial charge is 0.169 e. The first-order chi connectivity index (χ1) is 8.79. The minimum absolute atomic E-state index is 0.245. The molecular formula is C13H20FNO2S. The van der Waals surface area contributed by atoms with Crippen LogP contribution in [0.25, 0.3) is 0 Å². The van der Waals surface area contributed by atoms with Gasteiger partial charge in [0.25, 0.3) is 0 Å². The third-order valence-corrected chi connectivity index (χ3v) is 3.52. The fraction of sp³-hybridized carbons (Fsp3) is 0.538. The lowest BCUT2D eigenvalue weighted by atomic mass is 10.2. The van der Waals surface area contributed by atoms with Gasteiger partial charge in [-0.25, -0.2) is 4.39 Å². The normalized spacial score (nSPS) is 10.6. The van der Waals surface area contributed by atoms with Crippen LogP contribution in [0, 0.1) is 5.82 Å². The molecule has 0 spiro atoms. The van der Waals surface area contributed by atoms with Gasteiger partial charge in [0.05, 0.1) is 7.11 Å². The highest BCUT2D eigenvalue weighted by Gasteiger charge is 2.07. The molecule has 0 aliphatic heterocycles. The molecule has 18 heavy (non-hydrogen) atoms. The number of nitrogens with one attached hydrogen (secondary N) is 1. The van der Waals surface area contributed by atoms with Gasteiger partial charge >= 0.3 is 0 Å². The largest absolute Gasteiger partial charge is 0.494 e. The fourth-order valence-corrected chi connectivity index (χ4v) is 2.31. The van der Waals surface area contributed by atoms with E-state index in [4.69, 9.17) is 9.84 Å². The predicted molar refractivity (Wildman–Crippen MR) is 73.7 cm³/mol. The van der Waals surface area contributed by atoms with Crippen molar-refractivity contribution in [3.05, 3.63) is 29.6 Å². The Hall–Kier alpha value is -0.780. The Morgan fingerprint density at radius 1 is 1.39 bits per heavy atom. The number of methoxy groups -OCH3 is 1. The second-order valence-electron chi connectivity index (χ2n) is 3.80. The number of hydrogen-bond donors (Lipinski definition) is 2. The molecule has 102 valence electrons. The lowest BCUT2D eigenvalue weighted by molar-refractivity contribution is 0.296. The molecular weight excluding hydrogens is 253 g/mol. The summed E-state index contributed by atoms with van der Waals surface area (Å²) in [7, 11) is 1.47. The quantitative estimate of drug-likeness (QED) is 0.676. The molecule has 0 radical (unpaired) electrons. The Bertz CT molecular complexity index is 350. The van der Waals surface area contributed by atoms with E-state index in [1.54, 1.807) is 30.0 Å². The zero-order valence-electron chi connectivity index (χ0n) is 10.6. The molecule has 0 fully saturated rings. The predicted octanol–water partition coefficient (Wildman–Crippen LogP) is 2.04. The van der Waals surface area contributed by atoms with E-state index in [0.29, 0.717) is 12.1 Å². The number of thioether (sulfide) groups is 1. The maximum atomic E-state index is 13.8. The molecule has 0 aliphatic rings. The van der Waals surface area contributed by atoms with Gasteiger partial charge in [-0.15, -0.1) is 0 Å². The minimum Gasteiger partial charge on any atom is -0.494 e. The SMILES string of the molecule is COc1cccc(CNCCSCCCO)c1F. The van der Waals surface area contributed by atoms with Crippen LogP contribution in [-0.2, 0) is 6.54 Å². The van der Waals surface area contributed by atoms with Crippen LogP contribution in [0.15, 0.2) is 18.2 Å². The summed E-state index contributed by atoms with van der Waals surface area (Å²) in [5, 5.41) is 11.8. The first-order valence-electron chi connectivity index (χ1n) is 6.00. The van der Waals surface area contributed by atoms with Crippen LogP contribution < -0.4 is 10.1 Å². The van der Waals surface area contributed by atoms with Gasteiger partial charge in [0.1, 0.15) is 0 Å². The van der Waals surface area contributed by atoms with E-state index in [1.807, 2.05) is 0 Å². The van der Waals surface area contributed by atoms with Crippen molar-refractivity contribution in [1.29, 1.82) is 0 Å². The van der Waals surface area contributed by atoms with E-state index in [0.717, 1.165) is 24.5 Å². The van der Waals surface area contributed by atoms with Crippen LogP contribution in [0.4, 0.5) is 4.39 Å². The number of rotatable bonds is 9. The van der Waals surface area contributed by atoms with Crippen LogP contribution in [0.2, 0.25) is 0 Å². The molecule has 0 heterocycles. The average molecular weight is 273 g/mol. The van der Waals surface area contributed by atoms with Crippen LogP contribution in [-0.4, -0.2) is 36.9 Å². The average Bonchev–Trinajstić information content (AvgIpc) is 2.39. The van der Waals surface area contributed by atoms with Crippen molar-refractivity contribution in [2.45, 2.75) is 13.0 Å². The molecule has 0 unspecified atom stereocenters. The number of hydrogen-bond acceptors (Lipinski definition) is 4. The van der Waals surface area contributed by atoms with Gasteiger partial charge in [0, 0.05) is 31.0 Å². The van der Waals surface area contributed by atoms with Gasteiger partial charge in [0.2, 0.25) is 0 Å². The van der Waals surface area contributed by atoms with Gasteiger partial charge in [0.15, 0.2) is 11.6 Å². The van der Waals surface area contributed by atoms with Gasteiger partial charge in [-0.2, -0.15) is 11.8 Å². The molecule has 0 aromatic heterocycles. The number of benzene rings is 1. The molecule has 1 rings (SSSR count). The maximum Gasteiger partial charge on any atom is 0.169 e. The van der Waals surface area contributed by atoms with E-state index >= 15 is 0 Å². The Morgan fingerprint density at radius 3 is 2.94 bits per heavy atom. The lowest BCUT2D eigenvalue weighted by Crippen LogP contribution is -2.17. The number of aliphatic hydroxyl groups is 1. The summed E-state index contributed by atoms with van der Waals surface area (Å²) in [6.45, 7) is 1.58. The molecule has 1 aromatic carbocycles. The van der Waals surface area contributed by atoms with Gasteiger partial charge in [-0.05, 0) is 18.2 Å². The van der Waals surface area contributed by atoms with E-state index < -0.39 is 0 Å². The highest BCUT2D eigenvalue weighted by atomic mass is 32.2. The topological polar surface area (TPSA) is 41.5 Å². The molecule has 3 nitrogen and oxygen atoms in total. The minimum atomic E-state index is -0.291. The number of aliphatic hydroxyl groups excluding tert-OH is 1. The Morgan fingerprint density at radius 2 is 2.22 bits per heavy atom. The molecule has 0 amide bonds. The standard InChI is InChI=1S/C13H20FNO2S/c1-17-12-5-2-4-11(13(12)14)10-15-6-9-18-8-3-7-16/h2,4-5,15-16H,3,6-10H2,1H3. The van der Waals surface area contributed by atoms with Crippen LogP contribution >= 0.6 is 11.8 Å². The van der Waals surface area contributed by atoms with E-state index in [1.165, 1.54) is 7.11 Å². The van der Waals surface area contributed by atoms with E-state index in [-0.39, 0.29) is 18.2 Å². The molecule has 0 saturated heterocycles. The Balaban J connectivity index is 2.23. The summed E-state index contributed by atoms with van der Waals surface area (Å²) in [6.07, 6.45) is 0.829. The third kappa shape index (κ3) is 5.25. The molecule has 2 N–H and O–H groups in total. The molecule has 0 atom stereocenters. The van der Waals surface area contributed by atoms with Crippen molar-refractivity contribution in [3.63, 3.8) is 0 Å².